The first-order chi connectivity index (χ1) is 13.4. The number of nitrogens with zero attached hydrogens (tertiary/aromatic N) is 1. The van der Waals surface area contributed by atoms with Crippen LogP contribution in [0.4, 0.5) is 0 Å². The van der Waals surface area contributed by atoms with Crippen LogP contribution in [-0.4, -0.2) is 37.2 Å². The summed E-state index contributed by atoms with van der Waals surface area (Å²) in [5.41, 5.74) is 2.62. The van der Waals surface area contributed by atoms with Crippen LogP contribution in [-0.2, 0) is 6.61 Å². The Labute approximate surface area is 167 Å². The lowest BCUT2D eigenvalue weighted by Crippen LogP contribution is -3.16. The molecule has 0 bridgehead atoms. The summed E-state index contributed by atoms with van der Waals surface area (Å²) in [4.78, 5) is 14.0. The lowest BCUT2D eigenvalue weighted by Gasteiger charge is -2.39. The molecule has 1 aromatic heterocycles. The van der Waals surface area contributed by atoms with Crippen LogP contribution in [0.2, 0.25) is 0 Å². The van der Waals surface area contributed by atoms with Crippen LogP contribution in [0.25, 0.3) is 0 Å². The maximum Gasteiger partial charge on any atom is 0.251 e. The van der Waals surface area contributed by atoms with Gasteiger partial charge in [0.25, 0.3) is 5.91 Å². The van der Waals surface area contributed by atoms with E-state index in [4.69, 9.17) is 9.26 Å². The van der Waals surface area contributed by atoms with Crippen molar-refractivity contribution in [3.8, 4) is 5.75 Å². The molecule has 0 radical (unpaired) electrons. The average Bonchev–Trinajstić information content (AvgIpc) is 3.03. The molecule has 2 N–H and O–H groups in total. The normalized spacial score (nSPS) is 16.2. The quantitative estimate of drug-likeness (QED) is 0.767. The fourth-order valence-corrected chi connectivity index (χ4v) is 4.00. The highest BCUT2D eigenvalue weighted by Crippen LogP contribution is 2.25. The number of aromatic nitrogens is 1. The van der Waals surface area contributed by atoms with Gasteiger partial charge in [0.1, 0.15) is 23.7 Å². The van der Waals surface area contributed by atoms with Crippen molar-refractivity contribution >= 4 is 5.91 Å². The Balaban J connectivity index is 1.56. The SMILES string of the molecule is Cc1noc(C)c1COc1ccc(C(=O)NCC2([NH+](C)C)CCCCC2)cc1. The molecule has 28 heavy (non-hydrogen) atoms. The Morgan fingerprint density at radius 2 is 1.86 bits per heavy atom. The van der Waals surface area contributed by atoms with Gasteiger partial charge in [0, 0.05) is 18.4 Å². The van der Waals surface area contributed by atoms with Crippen LogP contribution in [0.5, 0.6) is 5.75 Å². The van der Waals surface area contributed by atoms with E-state index in [1.54, 1.807) is 0 Å². The first-order valence-electron chi connectivity index (χ1n) is 10.1. The number of nitrogens with one attached hydrogen (secondary N) is 2. The standard InChI is InChI=1S/C22H31N3O3/c1-16-20(17(2)28-24-16)14-27-19-10-8-18(9-11-19)21(26)23-15-22(25(3)4)12-6-5-7-13-22/h8-11H,5-7,12-15H2,1-4H3,(H,23,26)/p+1. The maximum atomic E-state index is 12.6. The highest BCUT2D eigenvalue weighted by molar-refractivity contribution is 5.94. The number of amides is 1. The average molecular weight is 387 g/mol. The Morgan fingerprint density at radius 3 is 2.43 bits per heavy atom. The molecule has 2 aromatic rings. The van der Waals surface area contributed by atoms with Crippen molar-refractivity contribution in [3.63, 3.8) is 0 Å². The number of carbonyl (C=O) groups excluding carboxylic acids is 1. The minimum Gasteiger partial charge on any atom is -0.489 e. The van der Waals surface area contributed by atoms with Gasteiger partial charge in [0.05, 0.1) is 31.9 Å². The fraction of sp³-hybridized carbons (Fsp3) is 0.545. The van der Waals surface area contributed by atoms with Gasteiger partial charge < -0.3 is 19.5 Å². The highest BCUT2D eigenvalue weighted by Gasteiger charge is 2.38. The number of quaternary nitrogens is 1. The molecule has 0 aliphatic heterocycles. The first kappa shape index (κ1) is 20.4. The number of benzene rings is 1. The topological polar surface area (TPSA) is 68.8 Å². The van der Waals surface area contributed by atoms with Crippen LogP contribution in [0.3, 0.4) is 0 Å². The van der Waals surface area contributed by atoms with Gasteiger partial charge in [-0.2, -0.15) is 0 Å². The predicted molar refractivity (Wildman–Crippen MR) is 108 cm³/mol. The minimum atomic E-state index is -0.0246. The minimum absolute atomic E-state index is 0.0246. The van der Waals surface area contributed by atoms with Crippen molar-refractivity contribution in [3.05, 3.63) is 46.8 Å². The third-order valence-electron chi connectivity index (χ3n) is 6.14. The molecule has 1 heterocycles. The molecular weight excluding hydrogens is 354 g/mol. The Hall–Kier alpha value is -2.34. The lowest BCUT2D eigenvalue weighted by molar-refractivity contribution is -0.916. The number of hydrogen-bond acceptors (Lipinski definition) is 4. The van der Waals surface area contributed by atoms with Crippen LogP contribution >= 0.6 is 0 Å². The molecule has 1 saturated carbocycles. The molecule has 0 unspecified atom stereocenters. The van der Waals surface area contributed by atoms with E-state index in [2.05, 4.69) is 24.6 Å². The summed E-state index contributed by atoms with van der Waals surface area (Å²) in [6.45, 7) is 4.90. The molecule has 3 rings (SSSR count). The number of hydrogen-bond donors (Lipinski definition) is 2. The lowest BCUT2D eigenvalue weighted by atomic mass is 9.80. The molecule has 1 fully saturated rings. The van der Waals surface area contributed by atoms with E-state index in [1.807, 2.05) is 38.1 Å². The zero-order valence-electron chi connectivity index (χ0n) is 17.4. The number of carbonyl (C=O) groups is 1. The van der Waals surface area contributed by atoms with Gasteiger partial charge in [0.15, 0.2) is 0 Å². The summed E-state index contributed by atoms with van der Waals surface area (Å²) in [7, 11) is 4.39. The van der Waals surface area contributed by atoms with Crippen molar-refractivity contribution in [1.82, 2.24) is 10.5 Å². The highest BCUT2D eigenvalue weighted by atomic mass is 16.5. The second kappa shape index (κ2) is 8.78. The van der Waals surface area contributed by atoms with Crippen molar-refractivity contribution < 1.29 is 19.0 Å². The molecule has 1 amide bonds. The van der Waals surface area contributed by atoms with Gasteiger partial charge in [-0.1, -0.05) is 11.6 Å². The largest absolute Gasteiger partial charge is 0.489 e. The van der Waals surface area contributed by atoms with Gasteiger partial charge in [-0.3, -0.25) is 4.79 Å². The summed E-state index contributed by atoms with van der Waals surface area (Å²) < 4.78 is 11.0. The van der Waals surface area contributed by atoms with Gasteiger partial charge in [-0.15, -0.1) is 0 Å². The molecular formula is C22H32N3O3+. The first-order valence-corrected chi connectivity index (χ1v) is 10.1. The third-order valence-corrected chi connectivity index (χ3v) is 6.14. The molecule has 0 spiro atoms. The molecule has 152 valence electrons. The molecule has 1 aromatic carbocycles. The van der Waals surface area contributed by atoms with E-state index in [0.29, 0.717) is 12.2 Å². The van der Waals surface area contributed by atoms with Gasteiger partial charge in [-0.05, 0) is 51.0 Å². The molecule has 1 aliphatic rings. The van der Waals surface area contributed by atoms with Gasteiger partial charge in [-0.25, -0.2) is 0 Å². The van der Waals surface area contributed by atoms with E-state index in [9.17, 15) is 4.79 Å². The number of aryl methyl sites for hydroxylation is 2. The molecule has 1 aliphatic carbocycles. The van der Waals surface area contributed by atoms with Gasteiger partial charge in [0.2, 0.25) is 0 Å². The van der Waals surface area contributed by atoms with Crippen LogP contribution < -0.4 is 15.0 Å². The zero-order chi connectivity index (χ0) is 20.1. The Kier molecular flexibility index (Phi) is 6.39. The third kappa shape index (κ3) is 4.55. The number of rotatable bonds is 7. The second-order valence-electron chi connectivity index (χ2n) is 8.14. The zero-order valence-corrected chi connectivity index (χ0v) is 17.4. The van der Waals surface area contributed by atoms with Crippen molar-refractivity contribution in [2.45, 2.75) is 58.1 Å². The molecule has 0 atom stereocenters. The predicted octanol–water partition coefficient (Wildman–Crippen LogP) is 2.45. The summed E-state index contributed by atoms with van der Waals surface area (Å²) in [5, 5.41) is 7.09. The summed E-state index contributed by atoms with van der Waals surface area (Å²) >= 11 is 0. The van der Waals surface area contributed by atoms with Crippen molar-refractivity contribution in [1.29, 1.82) is 0 Å². The second-order valence-corrected chi connectivity index (χ2v) is 8.14. The van der Waals surface area contributed by atoms with E-state index in [0.717, 1.165) is 29.3 Å². The fourth-order valence-electron chi connectivity index (χ4n) is 4.00. The van der Waals surface area contributed by atoms with Gasteiger partial charge >= 0.3 is 0 Å². The maximum absolute atomic E-state index is 12.6. The van der Waals surface area contributed by atoms with Crippen molar-refractivity contribution in [2.24, 2.45) is 0 Å². The molecule has 0 saturated heterocycles. The monoisotopic (exact) mass is 386 g/mol. The number of likely N-dealkylation sites (N-methyl/N-ethyl adjacent to an activating group) is 1. The Bertz CT molecular complexity index is 770. The van der Waals surface area contributed by atoms with Crippen molar-refractivity contribution in [2.75, 3.05) is 20.6 Å². The van der Waals surface area contributed by atoms with Crippen LogP contribution in [0.1, 0.15) is 59.5 Å². The number of ether oxygens (including phenoxy) is 1. The Morgan fingerprint density at radius 1 is 1.18 bits per heavy atom. The van der Waals surface area contributed by atoms with E-state index in [1.165, 1.54) is 37.0 Å². The summed E-state index contributed by atoms with van der Waals surface area (Å²) in [5.74, 6) is 1.47. The van der Waals surface area contributed by atoms with E-state index >= 15 is 0 Å². The molecule has 6 heteroatoms. The van der Waals surface area contributed by atoms with E-state index in [-0.39, 0.29) is 11.4 Å². The smallest absolute Gasteiger partial charge is 0.251 e. The summed E-state index contributed by atoms with van der Waals surface area (Å²) in [6, 6.07) is 7.30. The van der Waals surface area contributed by atoms with Crippen LogP contribution in [0.15, 0.2) is 28.8 Å². The van der Waals surface area contributed by atoms with E-state index < -0.39 is 0 Å². The van der Waals surface area contributed by atoms with Crippen LogP contribution in [0, 0.1) is 13.8 Å². The summed E-state index contributed by atoms with van der Waals surface area (Å²) in [6.07, 6.45) is 6.14. The molecule has 6 nitrogen and oxygen atoms in total.